The summed E-state index contributed by atoms with van der Waals surface area (Å²) >= 11 is -0.381. The zero-order valence-corrected chi connectivity index (χ0v) is 12.1. The molecular weight excluding hydrogens is 307 g/mol. The maximum atomic E-state index is 12.5. The van der Waals surface area contributed by atoms with Crippen LogP contribution in [0, 0.1) is 0 Å². The number of alkyl halides is 3. The van der Waals surface area contributed by atoms with Crippen molar-refractivity contribution in [3.63, 3.8) is 0 Å². The number of halogens is 3. The molecule has 1 aromatic carbocycles. The molecule has 0 bridgehead atoms. The number of thioether (sulfide) groups is 1. The summed E-state index contributed by atoms with van der Waals surface area (Å²) < 4.78 is 37.4. The van der Waals surface area contributed by atoms with E-state index in [2.05, 4.69) is 5.32 Å². The fraction of sp³-hybridized carbons (Fsp3) is 0.462. The number of carbonyl (C=O) groups excluding carboxylic acids is 1. The molecule has 1 amide bonds. The Bertz CT molecular complexity index is 482. The molecular formula is C13H16F3NO3S. The lowest BCUT2D eigenvalue weighted by Gasteiger charge is -2.30. The number of nitrogens with one attached hydrogen (secondary N) is 1. The zero-order valence-electron chi connectivity index (χ0n) is 11.3. The van der Waals surface area contributed by atoms with Gasteiger partial charge in [-0.05, 0) is 30.3 Å². The van der Waals surface area contributed by atoms with Gasteiger partial charge < -0.3 is 15.5 Å². The summed E-state index contributed by atoms with van der Waals surface area (Å²) in [4.78, 5) is 11.9. The number of rotatable bonds is 6. The van der Waals surface area contributed by atoms with E-state index in [0.29, 0.717) is 0 Å². The Morgan fingerprint density at radius 3 is 2.29 bits per heavy atom. The highest BCUT2D eigenvalue weighted by molar-refractivity contribution is 8.00. The molecule has 0 fully saturated rings. The third-order valence-electron chi connectivity index (χ3n) is 3.02. The van der Waals surface area contributed by atoms with Crippen LogP contribution in [0.3, 0.4) is 0 Å². The number of hydrogen-bond donors (Lipinski definition) is 3. The number of carbonyl (C=O) groups is 1. The first-order valence-corrected chi connectivity index (χ1v) is 6.97. The van der Waals surface area contributed by atoms with Gasteiger partial charge in [0.1, 0.15) is 0 Å². The van der Waals surface area contributed by atoms with Gasteiger partial charge in [0, 0.05) is 4.90 Å². The lowest BCUT2D eigenvalue weighted by molar-refractivity contribution is -0.0328. The molecule has 0 aliphatic carbocycles. The Morgan fingerprint density at radius 2 is 1.81 bits per heavy atom. The van der Waals surface area contributed by atoms with Crippen molar-refractivity contribution in [2.24, 2.45) is 0 Å². The summed E-state index contributed by atoms with van der Waals surface area (Å²) in [6.45, 7) is 0.615. The third-order valence-corrected chi connectivity index (χ3v) is 3.83. The van der Waals surface area contributed by atoms with Crippen LogP contribution in [-0.4, -0.2) is 40.4 Å². The van der Waals surface area contributed by atoms with Crippen LogP contribution in [0.2, 0.25) is 0 Å². The second-order valence-electron chi connectivity index (χ2n) is 4.45. The summed E-state index contributed by atoms with van der Waals surface area (Å²) in [6, 6.07) is 5.30. The maximum absolute atomic E-state index is 12.5. The number of benzene rings is 1. The van der Waals surface area contributed by atoms with Crippen LogP contribution < -0.4 is 5.32 Å². The topological polar surface area (TPSA) is 69.6 Å². The molecule has 0 aliphatic heterocycles. The molecule has 0 saturated heterocycles. The number of aliphatic hydroxyl groups excluding tert-OH is 2. The second-order valence-corrected chi connectivity index (χ2v) is 5.56. The van der Waals surface area contributed by atoms with E-state index in [9.17, 15) is 28.2 Å². The van der Waals surface area contributed by atoms with Crippen LogP contribution in [-0.2, 0) is 0 Å². The minimum absolute atomic E-state index is 0.153. The van der Waals surface area contributed by atoms with Gasteiger partial charge in [0.2, 0.25) is 0 Å². The Kier molecular flexibility index (Phi) is 6.06. The summed E-state index contributed by atoms with van der Waals surface area (Å²) in [5, 5.41) is 20.9. The van der Waals surface area contributed by atoms with E-state index in [0.717, 1.165) is 0 Å². The van der Waals surface area contributed by atoms with Gasteiger partial charge in [-0.1, -0.05) is 19.1 Å². The molecule has 1 rings (SSSR count). The van der Waals surface area contributed by atoms with E-state index in [1.165, 1.54) is 24.3 Å². The average Bonchev–Trinajstić information content (AvgIpc) is 2.43. The molecule has 118 valence electrons. The minimum atomic E-state index is -4.51. The van der Waals surface area contributed by atoms with Crippen molar-refractivity contribution in [2.45, 2.75) is 29.3 Å². The summed E-state index contributed by atoms with van der Waals surface area (Å²) in [7, 11) is 0. The van der Waals surface area contributed by atoms with Crippen molar-refractivity contribution >= 4 is 17.7 Å². The largest absolute Gasteiger partial charge is 0.446 e. The number of amides is 1. The van der Waals surface area contributed by atoms with Crippen LogP contribution in [0.1, 0.15) is 23.7 Å². The molecule has 8 heteroatoms. The van der Waals surface area contributed by atoms with E-state index in [1.807, 2.05) is 0 Å². The molecule has 21 heavy (non-hydrogen) atoms. The van der Waals surface area contributed by atoms with Crippen LogP contribution >= 0.6 is 11.8 Å². The third kappa shape index (κ3) is 4.90. The highest BCUT2D eigenvalue weighted by atomic mass is 32.2. The highest BCUT2D eigenvalue weighted by Gasteiger charge is 2.33. The SMILES string of the molecule is CCC(CO)(CO)NC(=O)c1ccccc1SC(F)(F)F. The van der Waals surface area contributed by atoms with Crippen molar-refractivity contribution in [3.05, 3.63) is 29.8 Å². The first-order valence-electron chi connectivity index (χ1n) is 6.16. The standard InChI is InChI=1S/C13H16F3NO3S/c1-2-12(7-18,8-19)17-11(20)9-5-3-4-6-10(9)21-13(14,15)16/h3-6,18-19H,2,7-8H2,1H3,(H,17,20). The fourth-order valence-electron chi connectivity index (χ4n) is 1.62. The van der Waals surface area contributed by atoms with Crippen molar-refractivity contribution in [1.82, 2.24) is 5.32 Å². The lowest BCUT2D eigenvalue weighted by Crippen LogP contribution is -2.53. The van der Waals surface area contributed by atoms with Crippen LogP contribution in [0.25, 0.3) is 0 Å². The molecule has 1 aromatic rings. The number of hydrogen-bond acceptors (Lipinski definition) is 4. The monoisotopic (exact) mass is 323 g/mol. The predicted molar refractivity (Wildman–Crippen MR) is 73.0 cm³/mol. The van der Waals surface area contributed by atoms with Gasteiger partial charge in [-0.3, -0.25) is 4.79 Å². The summed E-state index contributed by atoms with van der Waals surface area (Å²) in [5.41, 5.74) is -5.92. The van der Waals surface area contributed by atoms with E-state index in [4.69, 9.17) is 0 Å². The van der Waals surface area contributed by atoms with Gasteiger partial charge in [0.15, 0.2) is 0 Å². The molecule has 0 heterocycles. The Labute approximate surface area is 124 Å². The molecule has 4 nitrogen and oxygen atoms in total. The van der Waals surface area contributed by atoms with Gasteiger partial charge in [-0.25, -0.2) is 0 Å². The van der Waals surface area contributed by atoms with E-state index >= 15 is 0 Å². The number of aliphatic hydroxyl groups is 2. The predicted octanol–water partition coefficient (Wildman–Crippen LogP) is 2.16. The lowest BCUT2D eigenvalue weighted by atomic mass is 9.98. The van der Waals surface area contributed by atoms with E-state index < -0.39 is 30.2 Å². The molecule has 0 saturated carbocycles. The van der Waals surface area contributed by atoms with Gasteiger partial charge in [0.25, 0.3) is 5.91 Å². The fourth-order valence-corrected chi connectivity index (χ4v) is 2.28. The van der Waals surface area contributed by atoms with Crippen molar-refractivity contribution in [3.8, 4) is 0 Å². The highest BCUT2D eigenvalue weighted by Crippen LogP contribution is 2.38. The van der Waals surface area contributed by atoms with E-state index in [1.54, 1.807) is 6.92 Å². The van der Waals surface area contributed by atoms with Crippen molar-refractivity contribution < 1.29 is 28.2 Å². The molecule has 0 radical (unpaired) electrons. The normalized spacial score (nSPS) is 12.3. The van der Waals surface area contributed by atoms with Crippen LogP contribution in [0.4, 0.5) is 13.2 Å². The van der Waals surface area contributed by atoms with Gasteiger partial charge in [0.05, 0.1) is 24.3 Å². The molecule has 0 unspecified atom stereocenters. The Morgan fingerprint density at radius 1 is 1.24 bits per heavy atom. The summed E-state index contributed by atoms with van der Waals surface area (Å²) in [5.74, 6) is -0.771. The molecule has 3 N–H and O–H groups in total. The maximum Gasteiger partial charge on any atom is 0.446 e. The quantitative estimate of drug-likeness (QED) is 0.702. The second kappa shape index (κ2) is 7.15. The van der Waals surface area contributed by atoms with Gasteiger partial charge in [-0.2, -0.15) is 13.2 Å². The first-order chi connectivity index (χ1) is 9.77. The summed E-state index contributed by atoms with van der Waals surface area (Å²) in [6.07, 6.45) is 0.236. The van der Waals surface area contributed by atoms with Crippen molar-refractivity contribution in [2.75, 3.05) is 13.2 Å². The van der Waals surface area contributed by atoms with Gasteiger partial charge in [-0.15, -0.1) is 0 Å². The Hall–Kier alpha value is -1.25. The van der Waals surface area contributed by atoms with Gasteiger partial charge >= 0.3 is 5.51 Å². The van der Waals surface area contributed by atoms with Crippen LogP contribution in [0.5, 0.6) is 0 Å². The first kappa shape index (κ1) is 17.8. The zero-order chi connectivity index (χ0) is 16.1. The molecule has 0 aliphatic rings. The molecule has 0 spiro atoms. The average molecular weight is 323 g/mol. The molecule has 0 aromatic heterocycles. The van der Waals surface area contributed by atoms with Crippen LogP contribution in [0.15, 0.2) is 29.2 Å². The minimum Gasteiger partial charge on any atom is -0.394 e. The van der Waals surface area contributed by atoms with E-state index in [-0.39, 0.29) is 28.6 Å². The molecule has 0 atom stereocenters. The Balaban J connectivity index is 3.03. The smallest absolute Gasteiger partial charge is 0.394 e. The van der Waals surface area contributed by atoms with Crippen molar-refractivity contribution in [1.29, 1.82) is 0 Å².